The molecule has 0 heterocycles. The van der Waals surface area contributed by atoms with Crippen LogP contribution in [0.15, 0.2) is 18.2 Å². The summed E-state index contributed by atoms with van der Waals surface area (Å²) in [5.74, 6) is 0.603. The van der Waals surface area contributed by atoms with Crippen molar-refractivity contribution in [2.24, 2.45) is 5.41 Å². The van der Waals surface area contributed by atoms with E-state index in [0.717, 1.165) is 10.7 Å². The third-order valence-corrected chi connectivity index (χ3v) is 6.04. The molecule has 0 aromatic heterocycles. The fourth-order valence-corrected chi connectivity index (χ4v) is 4.35. The lowest BCUT2D eigenvalue weighted by molar-refractivity contribution is 0.658. The number of halogens is 4. The van der Waals surface area contributed by atoms with Gasteiger partial charge in [-0.1, -0.05) is 61.1 Å². The first-order valence-corrected chi connectivity index (χ1v) is 7.70. The molecule has 1 atom stereocenters. The van der Waals surface area contributed by atoms with Crippen LogP contribution in [0.4, 0.5) is 0 Å². The van der Waals surface area contributed by atoms with E-state index in [9.17, 15) is 0 Å². The van der Waals surface area contributed by atoms with Crippen LogP contribution >= 0.6 is 55.1 Å². The second kappa shape index (κ2) is 4.56. The van der Waals surface area contributed by atoms with Crippen LogP contribution in [0.1, 0.15) is 17.9 Å². The van der Waals surface area contributed by atoms with Crippen molar-refractivity contribution in [3.63, 3.8) is 0 Å². The minimum Gasteiger partial charge on any atom is -0.0921 e. The van der Waals surface area contributed by atoms with Crippen molar-refractivity contribution in [2.45, 2.75) is 12.3 Å². The molecule has 0 N–H and O–H groups in total. The molecule has 0 nitrogen and oxygen atoms in total. The smallest absolute Gasteiger partial charge is 0.0595 e. The van der Waals surface area contributed by atoms with Gasteiger partial charge in [0.25, 0.3) is 0 Å². The fraction of sp³-hybridized carbons (Fsp3) is 0.455. The molecule has 0 spiro atoms. The highest BCUT2D eigenvalue weighted by Gasteiger charge is 2.52. The predicted molar refractivity (Wildman–Crippen MR) is 73.8 cm³/mol. The van der Waals surface area contributed by atoms with E-state index >= 15 is 0 Å². The molecule has 1 fully saturated rings. The van der Waals surface area contributed by atoms with Crippen molar-refractivity contribution in [1.29, 1.82) is 0 Å². The Hall–Kier alpha value is 0.760. The van der Waals surface area contributed by atoms with Crippen LogP contribution in [-0.4, -0.2) is 10.7 Å². The molecule has 0 amide bonds. The average molecular weight is 373 g/mol. The van der Waals surface area contributed by atoms with E-state index in [-0.39, 0.29) is 0 Å². The van der Waals surface area contributed by atoms with Crippen LogP contribution in [0.25, 0.3) is 0 Å². The topological polar surface area (TPSA) is 0 Å². The number of hydrogen-bond acceptors (Lipinski definition) is 0. The van der Waals surface area contributed by atoms with E-state index in [2.05, 4.69) is 37.9 Å². The first-order chi connectivity index (χ1) is 7.13. The number of rotatable bonds is 3. The van der Waals surface area contributed by atoms with E-state index in [1.165, 1.54) is 12.0 Å². The van der Waals surface area contributed by atoms with Crippen molar-refractivity contribution in [1.82, 2.24) is 0 Å². The number of benzene rings is 1. The molecule has 1 aromatic rings. The molecule has 4 heteroatoms. The quantitative estimate of drug-likeness (QED) is 0.635. The lowest BCUT2D eigenvalue weighted by Crippen LogP contribution is -2.06. The Balaban J connectivity index is 2.23. The Morgan fingerprint density at radius 2 is 1.87 bits per heavy atom. The van der Waals surface area contributed by atoms with Crippen molar-refractivity contribution in [3.8, 4) is 0 Å². The van der Waals surface area contributed by atoms with Crippen LogP contribution in [-0.2, 0) is 0 Å². The monoisotopic (exact) mass is 370 g/mol. The van der Waals surface area contributed by atoms with Crippen molar-refractivity contribution >= 4 is 55.1 Å². The van der Waals surface area contributed by atoms with E-state index in [0.29, 0.717) is 21.4 Å². The summed E-state index contributed by atoms with van der Waals surface area (Å²) in [5.41, 5.74) is 1.67. The summed E-state index contributed by atoms with van der Waals surface area (Å²) in [6.45, 7) is 0. The maximum atomic E-state index is 6.01. The maximum absolute atomic E-state index is 6.01. The summed E-state index contributed by atoms with van der Waals surface area (Å²) >= 11 is 19.1. The van der Waals surface area contributed by atoms with Crippen molar-refractivity contribution in [3.05, 3.63) is 33.8 Å². The van der Waals surface area contributed by atoms with Gasteiger partial charge in [0.2, 0.25) is 0 Å². The molecule has 1 aromatic carbocycles. The lowest BCUT2D eigenvalue weighted by Gasteiger charge is -2.10. The standard InChI is InChI=1S/C11H10Br2Cl2/c12-5-11(6-13)4-8(11)7-1-2-9(14)10(15)3-7/h1-3,8H,4-6H2. The average Bonchev–Trinajstić information content (AvgIpc) is 2.97. The van der Waals surface area contributed by atoms with Gasteiger partial charge in [-0.25, -0.2) is 0 Å². The van der Waals surface area contributed by atoms with Gasteiger partial charge >= 0.3 is 0 Å². The molecular weight excluding hydrogens is 363 g/mol. The number of alkyl halides is 2. The molecule has 1 aliphatic rings. The van der Waals surface area contributed by atoms with Gasteiger partial charge in [-0.3, -0.25) is 0 Å². The fourth-order valence-electron chi connectivity index (χ4n) is 1.88. The minimum atomic E-state index is 0.372. The van der Waals surface area contributed by atoms with Crippen LogP contribution in [0, 0.1) is 5.41 Å². The molecule has 0 radical (unpaired) electrons. The van der Waals surface area contributed by atoms with Gasteiger partial charge in [0.05, 0.1) is 10.0 Å². The van der Waals surface area contributed by atoms with Crippen molar-refractivity contribution in [2.75, 3.05) is 10.7 Å². The molecular formula is C11H10Br2Cl2. The molecule has 0 bridgehead atoms. The summed E-state index contributed by atoms with van der Waals surface area (Å²) in [5, 5.41) is 3.33. The second-order valence-electron chi connectivity index (χ2n) is 4.06. The Kier molecular flexibility index (Phi) is 3.71. The predicted octanol–water partition coefficient (Wildman–Crippen LogP) is 5.26. The van der Waals surface area contributed by atoms with Crippen molar-refractivity contribution < 1.29 is 0 Å². The molecule has 0 aliphatic heterocycles. The van der Waals surface area contributed by atoms with E-state index in [1.807, 2.05) is 12.1 Å². The zero-order valence-electron chi connectivity index (χ0n) is 7.94. The van der Waals surface area contributed by atoms with E-state index < -0.39 is 0 Å². The first-order valence-electron chi connectivity index (χ1n) is 4.70. The van der Waals surface area contributed by atoms with Gasteiger partial charge in [-0.2, -0.15) is 0 Å². The lowest BCUT2D eigenvalue weighted by atomic mass is 10.0. The Labute approximate surface area is 117 Å². The molecule has 2 rings (SSSR count). The maximum Gasteiger partial charge on any atom is 0.0595 e. The Morgan fingerprint density at radius 1 is 1.20 bits per heavy atom. The molecule has 0 saturated heterocycles. The summed E-state index contributed by atoms with van der Waals surface area (Å²) in [6, 6.07) is 5.94. The Morgan fingerprint density at radius 3 is 2.33 bits per heavy atom. The summed E-state index contributed by atoms with van der Waals surface area (Å²) < 4.78 is 0. The summed E-state index contributed by atoms with van der Waals surface area (Å²) in [7, 11) is 0. The highest BCUT2D eigenvalue weighted by Crippen LogP contribution is 2.61. The number of hydrogen-bond donors (Lipinski definition) is 0. The van der Waals surface area contributed by atoms with Gasteiger partial charge in [0.1, 0.15) is 0 Å². The molecule has 82 valence electrons. The van der Waals surface area contributed by atoms with Crippen LogP contribution in [0.2, 0.25) is 10.0 Å². The van der Waals surface area contributed by atoms with Crippen LogP contribution < -0.4 is 0 Å². The summed E-state index contributed by atoms with van der Waals surface area (Å²) in [6.07, 6.45) is 1.21. The van der Waals surface area contributed by atoms with Gasteiger partial charge in [0, 0.05) is 10.7 Å². The first kappa shape index (κ1) is 12.2. The highest BCUT2D eigenvalue weighted by atomic mass is 79.9. The SMILES string of the molecule is Clc1ccc(C2CC2(CBr)CBr)cc1Cl. The normalized spacial score (nSPS) is 22.8. The van der Waals surface area contributed by atoms with Gasteiger partial charge in [-0.15, -0.1) is 0 Å². The zero-order chi connectivity index (χ0) is 11.1. The van der Waals surface area contributed by atoms with E-state index in [1.54, 1.807) is 0 Å². The van der Waals surface area contributed by atoms with Gasteiger partial charge in [-0.05, 0) is 35.4 Å². The van der Waals surface area contributed by atoms with Crippen LogP contribution in [0.3, 0.4) is 0 Å². The summed E-state index contributed by atoms with van der Waals surface area (Å²) in [4.78, 5) is 0. The van der Waals surface area contributed by atoms with Gasteiger partial charge < -0.3 is 0 Å². The molecule has 1 saturated carbocycles. The third kappa shape index (κ3) is 2.24. The molecule has 1 unspecified atom stereocenters. The highest BCUT2D eigenvalue weighted by molar-refractivity contribution is 9.09. The molecule has 15 heavy (non-hydrogen) atoms. The Bertz CT molecular complexity index is 375. The second-order valence-corrected chi connectivity index (χ2v) is 6.00. The third-order valence-electron chi connectivity index (χ3n) is 3.07. The zero-order valence-corrected chi connectivity index (χ0v) is 12.6. The van der Waals surface area contributed by atoms with Gasteiger partial charge in [0.15, 0.2) is 0 Å². The van der Waals surface area contributed by atoms with Crippen LogP contribution in [0.5, 0.6) is 0 Å². The minimum absolute atomic E-state index is 0.372. The molecule has 1 aliphatic carbocycles. The van der Waals surface area contributed by atoms with E-state index in [4.69, 9.17) is 23.2 Å². The largest absolute Gasteiger partial charge is 0.0921 e.